The van der Waals surface area contributed by atoms with E-state index < -0.39 is 17.8 Å². The molecule has 0 bridgehead atoms. The number of nitrogens with zero attached hydrogens (tertiary/aromatic N) is 1. The molecule has 24 heavy (non-hydrogen) atoms. The number of aryl methyl sites for hydroxylation is 1. The first kappa shape index (κ1) is 15.9. The maximum atomic E-state index is 13.4. The molecule has 0 aliphatic heterocycles. The number of hydrogen-bond donors (Lipinski definition) is 1. The molecular weight excluding hydrogens is 309 g/mol. The molecule has 1 unspecified atom stereocenters. The van der Waals surface area contributed by atoms with E-state index in [0.29, 0.717) is 30.0 Å². The lowest BCUT2D eigenvalue weighted by atomic mass is 10.0. The van der Waals surface area contributed by atoms with E-state index in [1.54, 1.807) is 4.57 Å². The Labute approximate surface area is 138 Å². The van der Waals surface area contributed by atoms with E-state index in [1.807, 2.05) is 30.3 Å². The van der Waals surface area contributed by atoms with Gasteiger partial charge in [-0.05, 0) is 36.6 Å². The summed E-state index contributed by atoms with van der Waals surface area (Å²) in [5.41, 5.74) is 1.87. The van der Waals surface area contributed by atoms with Gasteiger partial charge in [0.15, 0.2) is 6.29 Å². The Morgan fingerprint density at radius 2 is 1.96 bits per heavy atom. The summed E-state index contributed by atoms with van der Waals surface area (Å²) in [4.78, 5) is 23.0. The first-order valence-corrected chi connectivity index (χ1v) is 7.62. The standard InChI is InChI=1S/C19H16FNO3/c20-15-7-9-17-16(10-15)14(12-22)11-21(17)18(19(23)24)8-6-13-4-2-1-3-5-13/h1-5,7,9-12,18H,6,8H2,(H,23,24). The highest BCUT2D eigenvalue weighted by atomic mass is 19.1. The van der Waals surface area contributed by atoms with Crippen molar-refractivity contribution in [2.75, 3.05) is 0 Å². The Bertz CT molecular complexity index is 886. The van der Waals surface area contributed by atoms with Crippen LogP contribution in [0.1, 0.15) is 28.4 Å². The maximum Gasteiger partial charge on any atom is 0.326 e. The van der Waals surface area contributed by atoms with Crippen LogP contribution in [-0.4, -0.2) is 21.9 Å². The normalized spacial score (nSPS) is 12.2. The molecule has 122 valence electrons. The number of carbonyl (C=O) groups is 2. The summed E-state index contributed by atoms with van der Waals surface area (Å²) in [6.07, 6.45) is 3.07. The van der Waals surface area contributed by atoms with Gasteiger partial charge in [-0.3, -0.25) is 4.79 Å². The molecule has 1 aromatic heterocycles. The molecule has 5 heteroatoms. The van der Waals surface area contributed by atoms with Gasteiger partial charge < -0.3 is 9.67 Å². The topological polar surface area (TPSA) is 59.3 Å². The number of hydrogen-bond acceptors (Lipinski definition) is 2. The first-order valence-electron chi connectivity index (χ1n) is 7.62. The van der Waals surface area contributed by atoms with Crippen LogP contribution in [0, 0.1) is 5.82 Å². The van der Waals surface area contributed by atoms with Crippen molar-refractivity contribution in [3.63, 3.8) is 0 Å². The summed E-state index contributed by atoms with van der Waals surface area (Å²) < 4.78 is 15.0. The number of carboxylic acids is 1. The predicted molar refractivity (Wildman–Crippen MR) is 88.7 cm³/mol. The third kappa shape index (κ3) is 3.06. The summed E-state index contributed by atoms with van der Waals surface area (Å²) in [7, 11) is 0. The molecule has 0 fully saturated rings. The second-order valence-corrected chi connectivity index (χ2v) is 5.65. The predicted octanol–water partition coefficient (Wildman–Crippen LogP) is 3.85. The highest BCUT2D eigenvalue weighted by Gasteiger charge is 2.22. The number of aldehydes is 1. The third-order valence-corrected chi connectivity index (χ3v) is 4.12. The molecule has 4 nitrogen and oxygen atoms in total. The molecule has 1 N–H and O–H groups in total. The van der Waals surface area contributed by atoms with Gasteiger partial charge >= 0.3 is 5.97 Å². The molecule has 0 saturated heterocycles. The quantitative estimate of drug-likeness (QED) is 0.700. The fraction of sp³-hybridized carbons (Fsp3) is 0.158. The number of aliphatic carboxylic acids is 1. The third-order valence-electron chi connectivity index (χ3n) is 4.12. The van der Waals surface area contributed by atoms with Gasteiger partial charge in [0.25, 0.3) is 0 Å². The van der Waals surface area contributed by atoms with Crippen LogP contribution < -0.4 is 0 Å². The molecule has 2 aromatic carbocycles. The highest BCUT2D eigenvalue weighted by molar-refractivity contribution is 5.98. The van der Waals surface area contributed by atoms with Crippen molar-refractivity contribution in [2.24, 2.45) is 0 Å². The van der Waals surface area contributed by atoms with Crippen molar-refractivity contribution < 1.29 is 19.1 Å². The monoisotopic (exact) mass is 325 g/mol. The molecule has 3 aromatic rings. The van der Waals surface area contributed by atoms with Crippen LogP contribution in [-0.2, 0) is 11.2 Å². The summed E-state index contributed by atoms with van der Waals surface area (Å²) in [5.74, 6) is -1.44. The van der Waals surface area contributed by atoms with Crippen LogP contribution in [0.15, 0.2) is 54.7 Å². The van der Waals surface area contributed by atoms with Crippen LogP contribution in [0.25, 0.3) is 10.9 Å². The fourth-order valence-corrected chi connectivity index (χ4v) is 2.93. The van der Waals surface area contributed by atoms with Gasteiger partial charge in [0.1, 0.15) is 11.9 Å². The summed E-state index contributed by atoms with van der Waals surface area (Å²) in [5, 5.41) is 10.0. The number of benzene rings is 2. The Kier molecular flexibility index (Phi) is 4.42. The van der Waals surface area contributed by atoms with Gasteiger partial charge in [0.2, 0.25) is 0 Å². The molecular formula is C19H16FNO3. The molecule has 0 spiro atoms. The Morgan fingerprint density at radius 1 is 1.21 bits per heavy atom. The van der Waals surface area contributed by atoms with Crippen molar-refractivity contribution in [1.82, 2.24) is 4.57 Å². The molecule has 3 rings (SSSR count). The van der Waals surface area contributed by atoms with Gasteiger partial charge in [-0.2, -0.15) is 0 Å². The second kappa shape index (κ2) is 6.66. The van der Waals surface area contributed by atoms with Crippen molar-refractivity contribution in [2.45, 2.75) is 18.9 Å². The number of carboxylic acid groups (broad SMARTS) is 1. The van der Waals surface area contributed by atoms with E-state index >= 15 is 0 Å². The molecule has 1 atom stereocenters. The van der Waals surface area contributed by atoms with Crippen molar-refractivity contribution in [3.8, 4) is 0 Å². The minimum Gasteiger partial charge on any atom is -0.480 e. The zero-order valence-corrected chi connectivity index (χ0v) is 12.9. The number of rotatable bonds is 6. The van der Waals surface area contributed by atoms with E-state index in [1.165, 1.54) is 24.4 Å². The summed E-state index contributed by atoms with van der Waals surface area (Å²) in [6, 6.07) is 12.8. The maximum absolute atomic E-state index is 13.4. The molecule has 0 aliphatic rings. The Morgan fingerprint density at radius 3 is 2.62 bits per heavy atom. The summed E-state index contributed by atoms with van der Waals surface area (Å²) >= 11 is 0. The number of carbonyl (C=O) groups excluding carboxylic acids is 1. The van der Waals surface area contributed by atoms with E-state index in [-0.39, 0.29) is 5.56 Å². The van der Waals surface area contributed by atoms with Gasteiger partial charge in [-0.1, -0.05) is 30.3 Å². The zero-order valence-electron chi connectivity index (χ0n) is 12.9. The Hall–Kier alpha value is -2.95. The second-order valence-electron chi connectivity index (χ2n) is 5.65. The molecule has 0 radical (unpaired) electrons. The van der Waals surface area contributed by atoms with E-state index in [0.717, 1.165) is 5.56 Å². The van der Waals surface area contributed by atoms with Crippen LogP contribution in [0.4, 0.5) is 4.39 Å². The molecule has 1 heterocycles. The van der Waals surface area contributed by atoms with Crippen LogP contribution in [0.3, 0.4) is 0 Å². The van der Waals surface area contributed by atoms with Crippen molar-refractivity contribution in [3.05, 3.63) is 71.7 Å². The number of halogens is 1. The largest absolute Gasteiger partial charge is 0.480 e. The van der Waals surface area contributed by atoms with Crippen molar-refractivity contribution in [1.29, 1.82) is 0 Å². The van der Waals surface area contributed by atoms with Crippen LogP contribution in [0.5, 0.6) is 0 Å². The highest BCUT2D eigenvalue weighted by Crippen LogP contribution is 2.27. The number of fused-ring (bicyclic) bond motifs is 1. The smallest absolute Gasteiger partial charge is 0.326 e. The van der Waals surface area contributed by atoms with Crippen LogP contribution >= 0.6 is 0 Å². The van der Waals surface area contributed by atoms with E-state index in [2.05, 4.69) is 0 Å². The SMILES string of the molecule is O=Cc1cn(C(CCc2ccccc2)C(=O)O)c2ccc(F)cc12. The van der Waals surface area contributed by atoms with E-state index in [9.17, 15) is 19.1 Å². The number of aromatic nitrogens is 1. The molecule has 0 amide bonds. The lowest BCUT2D eigenvalue weighted by Gasteiger charge is -2.16. The van der Waals surface area contributed by atoms with E-state index in [4.69, 9.17) is 0 Å². The molecule has 0 saturated carbocycles. The fourth-order valence-electron chi connectivity index (χ4n) is 2.93. The minimum atomic E-state index is -0.982. The first-order chi connectivity index (χ1) is 11.6. The lowest BCUT2D eigenvalue weighted by Crippen LogP contribution is -2.19. The Balaban J connectivity index is 1.98. The van der Waals surface area contributed by atoms with Gasteiger partial charge in [0, 0.05) is 22.7 Å². The molecule has 0 aliphatic carbocycles. The van der Waals surface area contributed by atoms with Gasteiger partial charge in [-0.25, -0.2) is 9.18 Å². The summed E-state index contributed by atoms with van der Waals surface area (Å²) in [6.45, 7) is 0. The van der Waals surface area contributed by atoms with Gasteiger partial charge in [-0.15, -0.1) is 0 Å². The van der Waals surface area contributed by atoms with Crippen molar-refractivity contribution >= 4 is 23.2 Å². The van der Waals surface area contributed by atoms with Gasteiger partial charge in [0.05, 0.1) is 0 Å². The lowest BCUT2D eigenvalue weighted by molar-refractivity contribution is -0.141. The average Bonchev–Trinajstić information content (AvgIpc) is 2.93. The average molecular weight is 325 g/mol. The van der Waals surface area contributed by atoms with Crippen LogP contribution in [0.2, 0.25) is 0 Å². The zero-order chi connectivity index (χ0) is 17.1. The minimum absolute atomic E-state index is 0.287.